The van der Waals surface area contributed by atoms with Gasteiger partial charge in [-0.3, -0.25) is 4.98 Å². The Bertz CT molecular complexity index is 746. The van der Waals surface area contributed by atoms with Gasteiger partial charge in [-0.2, -0.15) is 0 Å². The number of nitrogens with one attached hydrogen (secondary N) is 1. The van der Waals surface area contributed by atoms with Gasteiger partial charge < -0.3 is 19.7 Å². The van der Waals surface area contributed by atoms with Gasteiger partial charge in [-0.05, 0) is 29.8 Å². The maximum Gasteiger partial charge on any atom is 0.318 e. The first-order chi connectivity index (χ1) is 13.0. The molecule has 2 amide bonds. The smallest absolute Gasteiger partial charge is 0.318 e. The molecule has 3 rings (SSSR count). The molecule has 8 heteroatoms. The molecule has 0 spiro atoms. The summed E-state index contributed by atoms with van der Waals surface area (Å²) >= 11 is 0. The Hall–Kier alpha value is -2.74. The van der Waals surface area contributed by atoms with Gasteiger partial charge in [-0.25, -0.2) is 13.6 Å². The van der Waals surface area contributed by atoms with Crippen LogP contribution in [-0.2, 0) is 4.74 Å². The first-order valence-electron chi connectivity index (χ1n) is 8.54. The van der Waals surface area contributed by atoms with E-state index in [1.807, 2.05) is 18.2 Å². The molecule has 2 atom stereocenters. The van der Waals surface area contributed by atoms with Crippen LogP contribution < -0.4 is 10.1 Å². The van der Waals surface area contributed by atoms with E-state index in [4.69, 9.17) is 9.47 Å². The largest absolute Gasteiger partial charge is 0.491 e. The number of ether oxygens (including phenoxy) is 2. The number of rotatable bonds is 6. The topological polar surface area (TPSA) is 63.7 Å². The number of alkyl halides is 2. The lowest BCUT2D eigenvalue weighted by molar-refractivity contribution is -0.0225. The molecule has 6 nitrogen and oxygen atoms in total. The maximum absolute atomic E-state index is 13.7. The van der Waals surface area contributed by atoms with Crippen molar-refractivity contribution in [2.45, 2.75) is 18.0 Å². The summed E-state index contributed by atoms with van der Waals surface area (Å²) < 4.78 is 38.0. The van der Waals surface area contributed by atoms with Crippen LogP contribution in [0.5, 0.6) is 5.75 Å². The van der Waals surface area contributed by atoms with Crippen molar-refractivity contribution in [1.29, 1.82) is 0 Å². The van der Waals surface area contributed by atoms with Crippen LogP contribution in [0.15, 0.2) is 54.9 Å². The van der Waals surface area contributed by atoms with Crippen LogP contribution in [-0.4, -0.2) is 54.7 Å². The normalized spacial score (nSPS) is 19.3. The van der Waals surface area contributed by atoms with Gasteiger partial charge in [0.1, 0.15) is 25.0 Å². The van der Waals surface area contributed by atoms with E-state index in [0.29, 0.717) is 5.75 Å². The lowest BCUT2D eigenvalue weighted by atomic mass is 10.1. The second kappa shape index (κ2) is 8.30. The van der Waals surface area contributed by atoms with E-state index in [1.54, 1.807) is 43.7 Å². The molecule has 1 fully saturated rings. The monoisotopic (exact) mass is 377 g/mol. The van der Waals surface area contributed by atoms with Gasteiger partial charge in [-0.1, -0.05) is 18.2 Å². The SMILES string of the molecule is CN(C(=O)N[C@@H]1COCC1(F)F)[C@@H](COc1ccccc1)c1ccncc1. The Balaban J connectivity index is 1.72. The highest BCUT2D eigenvalue weighted by Crippen LogP contribution is 2.26. The van der Waals surface area contributed by atoms with Crippen LogP contribution in [0.4, 0.5) is 13.6 Å². The predicted octanol–water partition coefficient (Wildman–Crippen LogP) is 2.88. The van der Waals surface area contributed by atoms with Crippen LogP contribution in [0.2, 0.25) is 0 Å². The summed E-state index contributed by atoms with van der Waals surface area (Å²) in [6.45, 7) is -0.741. The third-order valence-corrected chi connectivity index (χ3v) is 4.42. The minimum absolute atomic E-state index is 0.162. The fraction of sp³-hybridized carbons (Fsp3) is 0.368. The lowest BCUT2D eigenvalue weighted by Crippen LogP contribution is -2.51. The van der Waals surface area contributed by atoms with Gasteiger partial charge in [0.15, 0.2) is 0 Å². The van der Waals surface area contributed by atoms with E-state index in [9.17, 15) is 13.6 Å². The fourth-order valence-corrected chi connectivity index (χ4v) is 2.78. The van der Waals surface area contributed by atoms with Crippen molar-refractivity contribution in [3.8, 4) is 5.75 Å². The molecule has 0 unspecified atom stereocenters. The summed E-state index contributed by atoms with van der Waals surface area (Å²) in [6.07, 6.45) is 3.21. The van der Waals surface area contributed by atoms with Crippen molar-refractivity contribution in [3.63, 3.8) is 0 Å². The highest BCUT2D eigenvalue weighted by atomic mass is 19.3. The molecule has 1 saturated heterocycles. The molecule has 1 aromatic heterocycles. The third-order valence-electron chi connectivity index (χ3n) is 4.42. The predicted molar refractivity (Wildman–Crippen MR) is 94.8 cm³/mol. The van der Waals surface area contributed by atoms with E-state index in [1.165, 1.54) is 4.90 Å². The highest BCUT2D eigenvalue weighted by molar-refractivity contribution is 5.75. The first kappa shape index (κ1) is 19.0. The number of pyridine rings is 1. The molecule has 144 valence electrons. The number of amides is 2. The van der Waals surface area contributed by atoms with Gasteiger partial charge in [0, 0.05) is 19.4 Å². The number of benzene rings is 1. The van der Waals surface area contributed by atoms with Gasteiger partial charge in [0.25, 0.3) is 5.92 Å². The molecule has 1 aromatic carbocycles. The molecule has 1 aliphatic rings. The van der Waals surface area contributed by atoms with E-state index in [0.717, 1.165) is 5.56 Å². The zero-order chi connectivity index (χ0) is 19.3. The van der Waals surface area contributed by atoms with E-state index in [2.05, 4.69) is 10.3 Å². The Morgan fingerprint density at radius 1 is 1.33 bits per heavy atom. The molecule has 2 heterocycles. The number of hydrogen-bond donors (Lipinski definition) is 1. The van der Waals surface area contributed by atoms with Crippen molar-refractivity contribution in [1.82, 2.24) is 15.2 Å². The number of halogens is 2. The van der Waals surface area contributed by atoms with E-state index in [-0.39, 0.29) is 13.2 Å². The molecule has 27 heavy (non-hydrogen) atoms. The Labute approximate surface area is 156 Å². The quantitative estimate of drug-likeness (QED) is 0.841. The van der Waals surface area contributed by atoms with E-state index < -0.39 is 30.6 Å². The highest BCUT2D eigenvalue weighted by Gasteiger charge is 2.46. The van der Waals surface area contributed by atoms with Gasteiger partial charge in [0.2, 0.25) is 0 Å². The average molecular weight is 377 g/mol. The van der Waals surface area contributed by atoms with Crippen molar-refractivity contribution >= 4 is 6.03 Å². The standard InChI is InChI=1S/C19H21F2N3O3/c1-24(18(25)23-17-12-26-13-19(17,20)21)16(14-7-9-22-10-8-14)11-27-15-5-3-2-4-6-15/h2-10,16-17H,11-13H2,1H3,(H,23,25)/t16-,17+/m0/s1. The number of likely N-dealkylation sites (N-methyl/N-ethyl adjacent to an activating group) is 1. The summed E-state index contributed by atoms with van der Waals surface area (Å²) in [6, 6.07) is 10.2. The number of hydrogen-bond acceptors (Lipinski definition) is 4. The van der Waals surface area contributed by atoms with Gasteiger partial charge >= 0.3 is 6.03 Å². The van der Waals surface area contributed by atoms with Crippen molar-refractivity contribution in [2.75, 3.05) is 26.9 Å². The number of aromatic nitrogens is 1. The fourth-order valence-electron chi connectivity index (χ4n) is 2.78. The number of carbonyl (C=O) groups is 1. The molecular formula is C19H21F2N3O3. The third kappa shape index (κ3) is 4.71. The minimum Gasteiger partial charge on any atom is -0.491 e. The number of para-hydroxylation sites is 1. The maximum atomic E-state index is 13.7. The summed E-state index contributed by atoms with van der Waals surface area (Å²) in [5.41, 5.74) is 0.785. The zero-order valence-corrected chi connectivity index (χ0v) is 14.8. The lowest BCUT2D eigenvalue weighted by Gasteiger charge is -2.30. The van der Waals surface area contributed by atoms with Crippen LogP contribution in [0.3, 0.4) is 0 Å². The molecule has 0 aliphatic carbocycles. The van der Waals surface area contributed by atoms with Crippen LogP contribution in [0, 0.1) is 0 Å². The second-order valence-corrected chi connectivity index (χ2v) is 6.31. The molecule has 0 bridgehead atoms. The molecule has 1 N–H and O–H groups in total. The molecule has 0 saturated carbocycles. The molecule has 1 aliphatic heterocycles. The molecular weight excluding hydrogens is 356 g/mol. The summed E-state index contributed by atoms with van der Waals surface area (Å²) in [4.78, 5) is 17.9. The second-order valence-electron chi connectivity index (χ2n) is 6.31. The zero-order valence-electron chi connectivity index (χ0n) is 14.8. The Morgan fingerprint density at radius 3 is 2.67 bits per heavy atom. The van der Waals surface area contributed by atoms with Crippen molar-refractivity contribution in [2.24, 2.45) is 0 Å². The van der Waals surface area contributed by atoms with Crippen molar-refractivity contribution in [3.05, 3.63) is 60.4 Å². The van der Waals surface area contributed by atoms with Crippen LogP contribution >= 0.6 is 0 Å². The number of nitrogens with zero attached hydrogens (tertiary/aromatic N) is 2. The molecule has 2 aromatic rings. The summed E-state index contributed by atoms with van der Waals surface area (Å²) in [5.74, 6) is -2.43. The molecule has 0 radical (unpaired) electrons. The van der Waals surface area contributed by atoms with Gasteiger partial charge in [0.05, 0.1) is 12.6 Å². The number of carbonyl (C=O) groups excluding carboxylic acids is 1. The average Bonchev–Trinajstić information content (AvgIpc) is 3.01. The first-order valence-corrected chi connectivity index (χ1v) is 8.54. The van der Waals surface area contributed by atoms with Gasteiger partial charge in [-0.15, -0.1) is 0 Å². The van der Waals surface area contributed by atoms with Crippen molar-refractivity contribution < 1.29 is 23.0 Å². The van der Waals surface area contributed by atoms with Crippen LogP contribution in [0.25, 0.3) is 0 Å². The number of urea groups is 1. The van der Waals surface area contributed by atoms with E-state index >= 15 is 0 Å². The Kier molecular flexibility index (Phi) is 5.85. The van der Waals surface area contributed by atoms with Crippen LogP contribution in [0.1, 0.15) is 11.6 Å². The Morgan fingerprint density at radius 2 is 2.04 bits per heavy atom. The summed E-state index contributed by atoms with van der Waals surface area (Å²) in [5, 5.41) is 2.36. The minimum atomic E-state index is -3.08. The summed E-state index contributed by atoms with van der Waals surface area (Å²) in [7, 11) is 1.54.